The number of anilines is 2. The Balaban J connectivity index is 2.15. The largest absolute Gasteiger partial charge is 0.471 e. The van der Waals surface area contributed by atoms with Crippen LogP contribution in [0, 0.1) is 13.8 Å². The number of nitrogens with one attached hydrogen (secondary N) is 2. The van der Waals surface area contributed by atoms with Gasteiger partial charge in [-0.25, -0.2) is 8.42 Å². The Morgan fingerprint density at radius 3 is 2.00 bits per heavy atom. The van der Waals surface area contributed by atoms with Crippen molar-refractivity contribution in [1.82, 2.24) is 0 Å². The van der Waals surface area contributed by atoms with Gasteiger partial charge in [0.2, 0.25) is 0 Å². The molecule has 2 aromatic rings. The molecule has 2 aromatic carbocycles. The Morgan fingerprint density at radius 2 is 1.48 bits per heavy atom. The average Bonchev–Trinajstić information content (AvgIpc) is 2.50. The van der Waals surface area contributed by atoms with E-state index in [0.29, 0.717) is 0 Å². The van der Waals surface area contributed by atoms with Crippen LogP contribution in [0.5, 0.6) is 0 Å². The molecule has 2 N–H and O–H groups in total. The molecule has 134 valence electrons. The van der Waals surface area contributed by atoms with E-state index in [2.05, 4.69) is 4.72 Å². The van der Waals surface area contributed by atoms with Crippen LogP contribution >= 0.6 is 0 Å². The summed E-state index contributed by atoms with van der Waals surface area (Å²) in [6.07, 6.45) is -5.00. The molecule has 9 heteroatoms. The highest BCUT2D eigenvalue weighted by Gasteiger charge is 2.38. The third-order valence-corrected chi connectivity index (χ3v) is 4.82. The fraction of sp³-hybridized carbons (Fsp3) is 0.188. The quantitative estimate of drug-likeness (QED) is 0.861. The van der Waals surface area contributed by atoms with Crippen molar-refractivity contribution in [2.45, 2.75) is 24.9 Å². The second kappa shape index (κ2) is 6.75. The van der Waals surface area contributed by atoms with Gasteiger partial charge in [0.15, 0.2) is 0 Å². The zero-order chi connectivity index (χ0) is 18.8. The molecule has 0 aliphatic heterocycles. The van der Waals surface area contributed by atoms with Crippen molar-refractivity contribution in [3.8, 4) is 0 Å². The van der Waals surface area contributed by atoms with Crippen LogP contribution in [-0.2, 0) is 14.8 Å². The maximum atomic E-state index is 12.3. The number of aryl methyl sites for hydroxylation is 2. The highest BCUT2D eigenvalue weighted by atomic mass is 32.2. The zero-order valence-electron chi connectivity index (χ0n) is 13.3. The highest BCUT2D eigenvalue weighted by molar-refractivity contribution is 7.92. The first-order valence-corrected chi connectivity index (χ1v) is 8.56. The van der Waals surface area contributed by atoms with E-state index in [4.69, 9.17) is 0 Å². The van der Waals surface area contributed by atoms with Gasteiger partial charge in [-0.15, -0.1) is 0 Å². The SMILES string of the molecule is Cc1ccc(S(=O)(=O)Nc2ccc(NC(=O)C(F)(F)F)cc2)cc1C. The van der Waals surface area contributed by atoms with Crippen LogP contribution in [0.3, 0.4) is 0 Å². The number of rotatable bonds is 4. The van der Waals surface area contributed by atoms with Gasteiger partial charge in [0, 0.05) is 11.4 Å². The summed E-state index contributed by atoms with van der Waals surface area (Å²) in [6.45, 7) is 3.64. The third-order valence-electron chi connectivity index (χ3n) is 3.44. The average molecular weight is 372 g/mol. The fourth-order valence-corrected chi connectivity index (χ4v) is 3.06. The van der Waals surface area contributed by atoms with E-state index in [-0.39, 0.29) is 16.3 Å². The zero-order valence-corrected chi connectivity index (χ0v) is 14.1. The monoisotopic (exact) mass is 372 g/mol. The summed E-state index contributed by atoms with van der Waals surface area (Å²) in [4.78, 5) is 10.9. The first-order valence-electron chi connectivity index (χ1n) is 7.07. The standard InChI is InChI=1S/C16H15F3N2O3S/c1-10-3-8-14(9-11(10)2)25(23,24)21-13-6-4-12(5-7-13)20-15(22)16(17,18)19/h3-9,21H,1-2H3,(H,20,22). The van der Waals surface area contributed by atoms with Crippen LogP contribution < -0.4 is 10.0 Å². The summed E-state index contributed by atoms with van der Waals surface area (Å²) >= 11 is 0. The molecule has 0 heterocycles. The Labute approximate surface area is 142 Å². The number of benzene rings is 2. The van der Waals surface area contributed by atoms with Crippen LogP contribution in [0.2, 0.25) is 0 Å². The summed E-state index contributed by atoms with van der Waals surface area (Å²) in [7, 11) is -3.83. The molecule has 0 bridgehead atoms. The Kier molecular flexibility index (Phi) is 5.07. The van der Waals surface area contributed by atoms with E-state index in [0.717, 1.165) is 11.1 Å². The van der Waals surface area contributed by atoms with E-state index >= 15 is 0 Å². The Morgan fingerprint density at radius 1 is 0.920 bits per heavy atom. The highest BCUT2D eigenvalue weighted by Crippen LogP contribution is 2.22. The van der Waals surface area contributed by atoms with E-state index in [1.165, 1.54) is 36.4 Å². The molecule has 0 aromatic heterocycles. The summed E-state index contributed by atoms with van der Waals surface area (Å²) in [5.41, 5.74) is 1.82. The molecule has 0 unspecified atom stereocenters. The molecule has 0 saturated carbocycles. The molecule has 5 nitrogen and oxygen atoms in total. The molecule has 0 spiro atoms. The van der Waals surface area contributed by atoms with Gasteiger partial charge in [-0.05, 0) is 61.4 Å². The summed E-state index contributed by atoms with van der Waals surface area (Å²) in [5, 5.41) is 1.68. The van der Waals surface area contributed by atoms with Crippen LogP contribution in [0.15, 0.2) is 47.4 Å². The molecular weight excluding hydrogens is 357 g/mol. The minimum absolute atomic E-state index is 0.0741. The number of halogens is 3. The number of hydrogen-bond acceptors (Lipinski definition) is 3. The van der Waals surface area contributed by atoms with E-state index in [9.17, 15) is 26.4 Å². The van der Waals surface area contributed by atoms with E-state index < -0.39 is 22.1 Å². The predicted octanol–water partition coefficient (Wildman–Crippen LogP) is 3.61. The molecule has 0 saturated heterocycles. The van der Waals surface area contributed by atoms with Crippen molar-refractivity contribution in [2.24, 2.45) is 0 Å². The Bertz CT molecular complexity index is 892. The van der Waals surface area contributed by atoms with Crippen LogP contribution in [0.1, 0.15) is 11.1 Å². The second-order valence-electron chi connectivity index (χ2n) is 5.38. The van der Waals surface area contributed by atoms with Gasteiger partial charge in [-0.2, -0.15) is 13.2 Å². The number of alkyl halides is 3. The molecule has 2 rings (SSSR count). The fourth-order valence-electron chi connectivity index (χ4n) is 1.92. The normalized spacial score (nSPS) is 11.9. The number of hydrogen-bond donors (Lipinski definition) is 2. The first kappa shape index (κ1) is 18.8. The molecule has 0 aliphatic carbocycles. The van der Waals surface area contributed by atoms with Crippen LogP contribution in [-0.4, -0.2) is 20.5 Å². The van der Waals surface area contributed by atoms with Gasteiger partial charge in [-0.3, -0.25) is 9.52 Å². The minimum Gasteiger partial charge on any atom is -0.318 e. The molecule has 25 heavy (non-hydrogen) atoms. The van der Waals surface area contributed by atoms with E-state index in [1.807, 2.05) is 6.92 Å². The molecular formula is C16H15F3N2O3S. The topological polar surface area (TPSA) is 75.3 Å². The first-order chi connectivity index (χ1) is 11.5. The number of amides is 1. The van der Waals surface area contributed by atoms with Crippen molar-refractivity contribution < 1.29 is 26.4 Å². The van der Waals surface area contributed by atoms with Crippen LogP contribution in [0.25, 0.3) is 0 Å². The third kappa shape index (κ3) is 4.72. The van der Waals surface area contributed by atoms with Gasteiger partial charge < -0.3 is 5.32 Å². The maximum Gasteiger partial charge on any atom is 0.471 e. The predicted molar refractivity (Wildman–Crippen MR) is 87.9 cm³/mol. The van der Waals surface area contributed by atoms with Crippen molar-refractivity contribution in [1.29, 1.82) is 0 Å². The number of sulfonamides is 1. The van der Waals surface area contributed by atoms with Gasteiger partial charge in [0.25, 0.3) is 10.0 Å². The molecule has 0 atom stereocenters. The van der Waals surface area contributed by atoms with Crippen LogP contribution in [0.4, 0.5) is 24.5 Å². The molecule has 0 aliphatic rings. The van der Waals surface area contributed by atoms with Gasteiger partial charge in [0.1, 0.15) is 0 Å². The molecule has 0 radical (unpaired) electrons. The van der Waals surface area contributed by atoms with Gasteiger partial charge >= 0.3 is 12.1 Å². The smallest absolute Gasteiger partial charge is 0.318 e. The minimum atomic E-state index is -5.00. The lowest BCUT2D eigenvalue weighted by Gasteiger charge is -2.11. The van der Waals surface area contributed by atoms with Gasteiger partial charge in [0.05, 0.1) is 4.90 Å². The van der Waals surface area contributed by atoms with Gasteiger partial charge in [-0.1, -0.05) is 6.07 Å². The second-order valence-corrected chi connectivity index (χ2v) is 7.06. The summed E-state index contributed by atoms with van der Waals surface area (Å²) < 4.78 is 63.5. The lowest BCUT2D eigenvalue weighted by Crippen LogP contribution is -2.29. The van der Waals surface area contributed by atoms with Crippen molar-refractivity contribution in [2.75, 3.05) is 10.0 Å². The summed E-state index contributed by atoms with van der Waals surface area (Å²) in [6, 6.07) is 9.51. The number of carbonyl (C=O) groups is 1. The van der Waals surface area contributed by atoms with E-state index in [1.54, 1.807) is 18.3 Å². The van der Waals surface area contributed by atoms with Crippen molar-refractivity contribution >= 4 is 27.3 Å². The maximum absolute atomic E-state index is 12.3. The summed E-state index contributed by atoms with van der Waals surface area (Å²) in [5.74, 6) is -2.10. The molecule has 1 amide bonds. The lowest BCUT2D eigenvalue weighted by atomic mass is 10.1. The number of carbonyl (C=O) groups excluding carboxylic acids is 1. The van der Waals surface area contributed by atoms with Crippen molar-refractivity contribution in [3.05, 3.63) is 53.6 Å². The Hall–Kier alpha value is -2.55. The van der Waals surface area contributed by atoms with Crippen molar-refractivity contribution in [3.63, 3.8) is 0 Å². The lowest BCUT2D eigenvalue weighted by molar-refractivity contribution is -0.167. The molecule has 0 fully saturated rings.